The summed E-state index contributed by atoms with van der Waals surface area (Å²) in [6.45, 7) is 1.39. The van der Waals surface area contributed by atoms with Crippen molar-refractivity contribution in [2.24, 2.45) is 5.10 Å². The van der Waals surface area contributed by atoms with Crippen molar-refractivity contribution >= 4 is 49.4 Å². The van der Waals surface area contributed by atoms with Crippen LogP contribution in [0, 0.1) is 6.92 Å². The lowest BCUT2D eigenvalue weighted by Crippen LogP contribution is -2.40. The summed E-state index contributed by atoms with van der Waals surface area (Å²) in [5.74, 6) is -0.552. The Morgan fingerprint density at radius 1 is 0.811 bits per heavy atom. The minimum absolute atomic E-state index is 0.108. The molecule has 1 amide bonds. The van der Waals surface area contributed by atoms with E-state index in [-0.39, 0.29) is 4.90 Å². The number of hydrogen-bond acceptors (Lipinski definition) is 4. The lowest BCUT2D eigenvalue weighted by molar-refractivity contribution is -0.119. The van der Waals surface area contributed by atoms with Crippen LogP contribution in [-0.4, -0.2) is 27.1 Å². The molecule has 0 spiro atoms. The van der Waals surface area contributed by atoms with Crippen molar-refractivity contribution in [2.75, 3.05) is 10.8 Å². The summed E-state index contributed by atoms with van der Waals surface area (Å²) >= 11 is 0. The zero-order valence-corrected chi connectivity index (χ0v) is 21.0. The molecule has 0 saturated heterocycles. The SMILES string of the molecule is Cc1ccccc1N(CC(=O)N/N=C\c1c2ccccc2cc2ccccc12)S(=O)(=O)c1ccccc1. The van der Waals surface area contributed by atoms with Crippen molar-refractivity contribution in [3.8, 4) is 0 Å². The highest BCUT2D eigenvalue weighted by Gasteiger charge is 2.28. The van der Waals surface area contributed by atoms with Crippen molar-refractivity contribution < 1.29 is 13.2 Å². The summed E-state index contributed by atoms with van der Waals surface area (Å²) < 4.78 is 28.2. The Hall–Kier alpha value is -4.49. The lowest BCUT2D eigenvalue weighted by atomic mass is 9.97. The van der Waals surface area contributed by atoms with Crippen LogP contribution in [-0.2, 0) is 14.8 Å². The highest BCUT2D eigenvalue weighted by Crippen LogP contribution is 2.28. The van der Waals surface area contributed by atoms with Crippen LogP contribution in [0.4, 0.5) is 5.69 Å². The van der Waals surface area contributed by atoms with Crippen LogP contribution in [0.5, 0.6) is 0 Å². The molecule has 7 heteroatoms. The summed E-state index contributed by atoms with van der Waals surface area (Å²) in [5.41, 5.74) is 4.58. The van der Waals surface area contributed by atoms with Gasteiger partial charge in [0.05, 0.1) is 16.8 Å². The summed E-state index contributed by atoms with van der Waals surface area (Å²) in [5, 5.41) is 8.36. The van der Waals surface area contributed by atoms with Crippen molar-refractivity contribution in [3.05, 3.63) is 120 Å². The van der Waals surface area contributed by atoms with E-state index in [9.17, 15) is 13.2 Å². The fraction of sp³-hybridized carbons (Fsp3) is 0.0667. The van der Waals surface area contributed by atoms with Gasteiger partial charge in [-0.15, -0.1) is 0 Å². The van der Waals surface area contributed by atoms with E-state index in [0.717, 1.165) is 37.0 Å². The van der Waals surface area contributed by atoms with Gasteiger partial charge in [-0.25, -0.2) is 13.8 Å². The Balaban J connectivity index is 1.45. The zero-order valence-electron chi connectivity index (χ0n) is 20.2. The van der Waals surface area contributed by atoms with E-state index in [0.29, 0.717) is 5.69 Å². The van der Waals surface area contributed by atoms with Crippen LogP contribution >= 0.6 is 0 Å². The van der Waals surface area contributed by atoms with E-state index < -0.39 is 22.5 Å². The number of hydrogen-bond donors (Lipinski definition) is 1. The van der Waals surface area contributed by atoms with Crippen LogP contribution in [0.1, 0.15) is 11.1 Å². The fourth-order valence-corrected chi connectivity index (χ4v) is 5.89. The maximum atomic E-state index is 13.5. The maximum absolute atomic E-state index is 13.5. The fourth-order valence-electron chi connectivity index (χ4n) is 4.39. The van der Waals surface area contributed by atoms with E-state index >= 15 is 0 Å². The second kappa shape index (κ2) is 10.2. The molecular formula is C30H25N3O3S. The number of carbonyl (C=O) groups excluding carboxylic acids is 1. The molecule has 184 valence electrons. The van der Waals surface area contributed by atoms with Gasteiger partial charge in [0.15, 0.2) is 0 Å². The molecule has 5 rings (SSSR count). The molecule has 0 unspecified atom stereocenters. The first-order valence-electron chi connectivity index (χ1n) is 11.8. The second-order valence-electron chi connectivity index (χ2n) is 8.64. The Kier molecular flexibility index (Phi) is 6.70. The zero-order chi connectivity index (χ0) is 25.8. The monoisotopic (exact) mass is 507 g/mol. The van der Waals surface area contributed by atoms with E-state index in [1.165, 1.54) is 12.1 Å². The second-order valence-corrected chi connectivity index (χ2v) is 10.5. The highest BCUT2D eigenvalue weighted by atomic mass is 32.2. The molecule has 0 aliphatic rings. The number of anilines is 1. The Morgan fingerprint density at radius 3 is 2.03 bits per heavy atom. The molecule has 6 nitrogen and oxygen atoms in total. The standard InChI is InChI=1S/C30H25N3O3S/c1-22-11-5-10-18-29(22)33(37(35,36)25-14-3-2-4-15-25)21-30(34)32-31-20-28-26-16-8-6-12-23(26)19-24-13-7-9-17-27(24)28/h2-20H,21H2,1H3,(H,32,34)/b31-20-. The molecule has 0 aliphatic heterocycles. The number of sulfonamides is 1. The first-order valence-corrected chi connectivity index (χ1v) is 13.2. The molecule has 0 heterocycles. The molecule has 5 aromatic rings. The number of nitrogens with zero attached hydrogens (tertiary/aromatic N) is 2. The number of benzene rings is 5. The van der Waals surface area contributed by atoms with Gasteiger partial charge in [-0.3, -0.25) is 9.10 Å². The first-order chi connectivity index (χ1) is 17.9. The van der Waals surface area contributed by atoms with Crippen molar-refractivity contribution in [2.45, 2.75) is 11.8 Å². The lowest BCUT2D eigenvalue weighted by Gasteiger charge is -2.25. The smallest absolute Gasteiger partial charge is 0.264 e. The molecule has 0 bridgehead atoms. The van der Waals surface area contributed by atoms with E-state index in [4.69, 9.17) is 0 Å². The normalized spacial score (nSPS) is 11.7. The molecule has 0 atom stereocenters. The van der Waals surface area contributed by atoms with Gasteiger partial charge in [-0.2, -0.15) is 5.10 Å². The minimum Gasteiger partial charge on any atom is -0.271 e. The number of aryl methyl sites for hydroxylation is 1. The molecule has 5 aromatic carbocycles. The summed E-state index contributed by atoms with van der Waals surface area (Å²) in [7, 11) is -3.99. The molecule has 1 N–H and O–H groups in total. The largest absolute Gasteiger partial charge is 0.271 e. The van der Waals surface area contributed by atoms with Gasteiger partial charge in [-0.1, -0.05) is 84.9 Å². The van der Waals surface area contributed by atoms with Crippen LogP contribution < -0.4 is 9.73 Å². The molecule has 37 heavy (non-hydrogen) atoms. The summed E-state index contributed by atoms with van der Waals surface area (Å²) in [6, 6.07) is 33.2. The molecular weight excluding hydrogens is 482 g/mol. The number of amides is 1. The minimum atomic E-state index is -3.99. The first kappa shape index (κ1) is 24.2. The number of carbonyl (C=O) groups is 1. The Morgan fingerprint density at radius 2 is 1.38 bits per heavy atom. The number of para-hydroxylation sites is 1. The van der Waals surface area contributed by atoms with E-state index in [1.54, 1.807) is 36.5 Å². The number of fused-ring (bicyclic) bond motifs is 2. The molecule has 0 saturated carbocycles. The van der Waals surface area contributed by atoms with Crippen molar-refractivity contribution in [3.63, 3.8) is 0 Å². The van der Waals surface area contributed by atoms with Gasteiger partial charge < -0.3 is 0 Å². The van der Waals surface area contributed by atoms with Gasteiger partial charge in [0.2, 0.25) is 0 Å². The summed E-state index contributed by atoms with van der Waals surface area (Å²) in [6.07, 6.45) is 1.62. The van der Waals surface area contributed by atoms with Crippen LogP contribution in [0.3, 0.4) is 0 Å². The number of rotatable bonds is 7. The average molecular weight is 508 g/mol. The van der Waals surface area contributed by atoms with Gasteiger partial charge >= 0.3 is 0 Å². The average Bonchev–Trinajstić information content (AvgIpc) is 2.92. The van der Waals surface area contributed by atoms with Gasteiger partial charge in [-0.05, 0) is 58.3 Å². The predicted octanol–water partition coefficient (Wildman–Crippen LogP) is 5.65. The van der Waals surface area contributed by atoms with Crippen LogP contribution in [0.25, 0.3) is 21.5 Å². The Labute approximate surface area is 215 Å². The van der Waals surface area contributed by atoms with Gasteiger partial charge in [0, 0.05) is 5.56 Å². The maximum Gasteiger partial charge on any atom is 0.264 e. The third kappa shape index (κ3) is 4.94. The quantitative estimate of drug-likeness (QED) is 0.176. The molecule has 0 fully saturated rings. The van der Waals surface area contributed by atoms with Gasteiger partial charge in [0.1, 0.15) is 6.54 Å². The van der Waals surface area contributed by atoms with Gasteiger partial charge in [0.25, 0.3) is 15.9 Å². The third-order valence-corrected chi connectivity index (χ3v) is 7.97. The topological polar surface area (TPSA) is 78.8 Å². The van der Waals surface area contributed by atoms with Crippen LogP contribution in [0.15, 0.2) is 119 Å². The highest BCUT2D eigenvalue weighted by molar-refractivity contribution is 7.92. The Bertz CT molecular complexity index is 1680. The summed E-state index contributed by atoms with van der Waals surface area (Å²) in [4.78, 5) is 13.1. The molecule has 0 aromatic heterocycles. The third-order valence-electron chi connectivity index (χ3n) is 6.20. The molecule has 0 aliphatic carbocycles. The van der Waals surface area contributed by atoms with Crippen molar-refractivity contribution in [1.82, 2.24) is 5.43 Å². The number of nitrogens with one attached hydrogen (secondary N) is 1. The van der Waals surface area contributed by atoms with Crippen molar-refractivity contribution in [1.29, 1.82) is 0 Å². The van der Waals surface area contributed by atoms with Crippen LogP contribution in [0.2, 0.25) is 0 Å². The van der Waals surface area contributed by atoms with E-state index in [1.807, 2.05) is 67.6 Å². The van der Waals surface area contributed by atoms with E-state index in [2.05, 4.69) is 16.6 Å². The number of hydrazone groups is 1. The molecule has 0 radical (unpaired) electrons. The predicted molar refractivity (Wildman–Crippen MR) is 149 cm³/mol.